The number of nitrogens with zero attached hydrogens (tertiary/aromatic N) is 4. The summed E-state index contributed by atoms with van der Waals surface area (Å²) in [5, 5.41) is 3.37. The Morgan fingerprint density at radius 1 is 1.19 bits per heavy atom. The van der Waals surface area contributed by atoms with E-state index in [1.54, 1.807) is 40.9 Å². The van der Waals surface area contributed by atoms with E-state index in [2.05, 4.69) is 22.4 Å². The molecular weight excluding hydrogens is 458 g/mol. The van der Waals surface area contributed by atoms with Gasteiger partial charge < -0.3 is 14.8 Å². The fourth-order valence-corrected chi connectivity index (χ4v) is 4.40. The Labute approximate surface area is 211 Å². The number of hydrogen-bond acceptors (Lipinski definition) is 7. The maximum Gasteiger partial charge on any atom is 0.328 e. The van der Waals surface area contributed by atoms with E-state index in [1.807, 2.05) is 26.8 Å². The van der Waals surface area contributed by atoms with Gasteiger partial charge in [-0.3, -0.25) is 13.9 Å². The number of anilines is 1. The molecule has 36 heavy (non-hydrogen) atoms. The van der Waals surface area contributed by atoms with Crippen molar-refractivity contribution in [2.24, 2.45) is 0 Å². The van der Waals surface area contributed by atoms with Gasteiger partial charge in [-0.15, -0.1) is 0 Å². The van der Waals surface area contributed by atoms with Gasteiger partial charge >= 0.3 is 11.7 Å². The molecule has 0 aromatic carbocycles. The first-order valence-electron chi connectivity index (χ1n) is 12.5. The smallest absolute Gasteiger partial charge is 0.328 e. The fraction of sp³-hybridized carbons (Fsp3) is 0.481. The number of methoxy groups -OCH3 is 1. The van der Waals surface area contributed by atoms with E-state index in [4.69, 9.17) is 14.5 Å². The van der Waals surface area contributed by atoms with Gasteiger partial charge in [0.05, 0.1) is 19.6 Å². The molecule has 0 bridgehead atoms. The van der Waals surface area contributed by atoms with Crippen LogP contribution >= 0.6 is 0 Å². The van der Waals surface area contributed by atoms with E-state index in [1.165, 1.54) is 5.56 Å². The average Bonchev–Trinajstić information content (AvgIpc) is 3.21. The van der Waals surface area contributed by atoms with Crippen LogP contribution in [0.4, 0.5) is 5.82 Å². The van der Waals surface area contributed by atoms with Gasteiger partial charge in [-0.2, -0.15) is 0 Å². The predicted octanol–water partition coefficient (Wildman–Crippen LogP) is 3.76. The van der Waals surface area contributed by atoms with Crippen LogP contribution in [-0.2, 0) is 28.9 Å². The summed E-state index contributed by atoms with van der Waals surface area (Å²) in [4.78, 5) is 35.0. The topological polar surface area (TPSA) is 100 Å². The first kappa shape index (κ1) is 25.5. The van der Waals surface area contributed by atoms with Crippen molar-refractivity contribution in [3.05, 3.63) is 70.2 Å². The van der Waals surface area contributed by atoms with Crippen molar-refractivity contribution in [3.63, 3.8) is 0 Å². The first-order chi connectivity index (χ1) is 17.2. The number of esters is 1. The predicted molar refractivity (Wildman–Crippen MR) is 137 cm³/mol. The lowest BCUT2D eigenvalue weighted by Gasteiger charge is -2.23. The highest BCUT2D eigenvalue weighted by Gasteiger charge is 2.25. The summed E-state index contributed by atoms with van der Waals surface area (Å²) in [6, 6.07) is 7.23. The molecule has 4 rings (SSSR count). The highest BCUT2D eigenvalue weighted by Crippen LogP contribution is 2.24. The van der Waals surface area contributed by atoms with Gasteiger partial charge in [0.2, 0.25) is 5.88 Å². The van der Waals surface area contributed by atoms with Crippen LogP contribution in [0.25, 0.3) is 0 Å². The highest BCUT2D eigenvalue weighted by atomic mass is 16.6. The minimum atomic E-state index is -0.614. The molecule has 1 aliphatic heterocycles. The van der Waals surface area contributed by atoms with Gasteiger partial charge in [0.1, 0.15) is 11.4 Å². The average molecular weight is 494 g/mol. The van der Waals surface area contributed by atoms with Crippen LogP contribution in [0.3, 0.4) is 0 Å². The zero-order chi connectivity index (χ0) is 25.7. The Morgan fingerprint density at radius 3 is 2.75 bits per heavy atom. The molecule has 9 heteroatoms. The molecule has 3 aromatic heterocycles. The molecule has 0 unspecified atom stereocenters. The Hall–Kier alpha value is -3.62. The van der Waals surface area contributed by atoms with Crippen LogP contribution in [0.5, 0.6) is 5.88 Å². The molecule has 9 nitrogen and oxygen atoms in total. The van der Waals surface area contributed by atoms with E-state index in [9.17, 15) is 9.59 Å². The largest absolute Gasteiger partial charge is 0.481 e. The van der Waals surface area contributed by atoms with Crippen LogP contribution in [-0.4, -0.2) is 44.3 Å². The Morgan fingerprint density at radius 2 is 2.03 bits per heavy atom. The number of aryl methyl sites for hydroxylation is 3. The molecule has 0 saturated heterocycles. The molecule has 1 aliphatic rings. The SMILES string of the molecule is COc1ccc([C@H](CC(=O)OC(C)(C)C)n2ccn(CCCc3ccc4c(n3)NCCC4)c2=O)cn1. The van der Waals surface area contributed by atoms with Gasteiger partial charge in [0.15, 0.2) is 0 Å². The second-order valence-electron chi connectivity index (χ2n) is 10.1. The Kier molecular flexibility index (Phi) is 7.76. The van der Waals surface area contributed by atoms with Crippen molar-refractivity contribution in [3.8, 4) is 5.88 Å². The number of ether oxygens (including phenoxy) is 2. The van der Waals surface area contributed by atoms with Crippen molar-refractivity contribution in [2.75, 3.05) is 19.0 Å². The number of nitrogens with one attached hydrogen (secondary N) is 1. The summed E-state index contributed by atoms with van der Waals surface area (Å²) >= 11 is 0. The molecule has 1 atom stereocenters. The lowest BCUT2D eigenvalue weighted by atomic mass is 10.1. The summed E-state index contributed by atoms with van der Waals surface area (Å²) in [5.74, 6) is 1.07. The van der Waals surface area contributed by atoms with E-state index in [0.29, 0.717) is 12.4 Å². The van der Waals surface area contributed by atoms with E-state index >= 15 is 0 Å². The first-order valence-corrected chi connectivity index (χ1v) is 12.5. The van der Waals surface area contributed by atoms with E-state index in [-0.39, 0.29) is 18.1 Å². The van der Waals surface area contributed by atoms with Gasteiger partial charge in [0, 0.05) is 43.4 Å². The minimum absolute atomic E-state index is 0.0151. The number of pyridine rings is 2. The fourth-order valence-electron chi connectivity index (χ4n) is 4.40. The standard InChI is InChI=1S/C27H35N5O4/c1-27(2,3)36-24(33)17-22(20-10-12-23(35-4)29-18-20)32-16-15-31(26(32)34)14-6-8-21-11-9-19-7-5-13-28-25(19)30-21/h9-12,15-16,18,22H,5-8,13-14,17H2,1-4H3,(H,28,30)/t22-/m0/s1. The third kappa shape index (κ3) is 6.33. The van der Waals surface area contributed by atoms with E-state index < -0.39 is 11.6 Å². The van der Waals surface area contributed by atoms with Crippen molar-refractivity contribution < 1.29 is 14.3 Å². The second-order valence-corrected chi connectivity index (χ2v) is 10.1. The molecule has 4 heterocycles. The van der Waals surface area contributed by atoms with Crippen LogP contribution in [0.2, 0.25) is 0 Å². The molecule has 0 aliphatic carbocycles. The van der Waals surface area contributed by atoms with Crippen molar-refractivity contribution >= 4 is 11.8 Å². The summed E-state index contributed by atoms with van der Waals surface area (Å²) in [6.07, 6.45) is 8.88. The number of carbonyl (C=O) groups excluding carboxylic acids is 1. The number of rotatable bonds is 9. The molecule has 0 amide bonds. The number of hydrogen-bond donors (Lipinski definition) is 1. The number of carbonyl (C=O) groups is 1. The Balaban J connectivity index is 1.48. The maximum atomic E-state index is 13.3. The van der Waals surface area contributed by atoms with Gasteiger partial charge in [-0.25, -0.2) is 14.8 Å². The molecule has 0 fully saturated rings. The van der Waals surface area contributed by atoms with Crippen molar-refractivity contribution in [1.82, 2.24) is 19.1 Å². The quantitative estimate of drug-likeness (QED) is 0.453. The summed E-state index contributed by atoms with van der Waals surface area (Å²) in [7, 11) is 1.54. The zero-order valence-corrected chi connectivity index (χ0v) is 21.5. The van der Waals surface area contributed by atoms with E-state index in [0.717, 1.165) is 49.3 Å². The third-order valence-electron chi connectivity index (χ3n) is 6.13. The maximum absolute atomic E-state index is 13.3. The minimum Gasteiger partial charge on any atom is -0.481 e. The molecule has 0 saturated carbocycles. The summed E-state index contributed by atoms with van der Waals surface area (Å²) in [5.41, 5.74) is 2.22. The van der Waals surface area contributed by atoms with Crippen LogP contribution in [0.1, 0.15) is 62.9 Å². The van der Waals surface area contributed by atoms with Crippen molar-refractivity contribution in [1.29, 1.82) is 0 Å². The lowest BCUT2D eigenvalue weighted by molar-refractivity contribution is -0.155. The second kappa shape index (κ2) is 11.0. The Bertz CT molecular complexity index is 1240. The third-order valence-corrected chi connectivity index (χ3v) is 6.13. The summed E-state index contributed by atoms with van der Waals surface area (Å²) < 4.78 is 13.9. The zero-order valence-electron chi connectivity index (χ0n) is 21.5. The number of aromatic nitrogens is 4. The van der Waals surface area contributed by atoms with Crippen LogP contribution in [0, 0.1) is 0 Å². The molecular formula is C27H35N5O4. The summed E-state index contributed by atoms with van der Waals surface area (Å²) in [6.45, 7) is 6.99. The van der Waals surface area contributed by atoms with Crippen LogP contribution < -0.4 is 15.7 Å². The normalized spacial score (nSPS) is 14.0. The molecule has 0 radical (unpaired) electrons. The van der Waals surface area contributed by atoms with Crippen LogP contribution in [0.15, 0.2) is 47.7 Å². The monoisotopic (exact) mass is 493 g/mol. The highest BCUT2D eigenvalue weighted by molar-refractivity contribution is 5.71. The molecule has 0 spiro atoms. The molecule has 1 N–H and O–H groups in total. The number of imidazole rings is 1. The lowest BCUT2D eigenvalue weighted by Crippen LogP contribution is -2.31. The van der Waals surface area contributed by atoms with Gasteiger partial charge in [-0.05, 0) is 63.6 Å². The van der Waals surface area contributed by atoms with Gasteiger partial charge in [-0.1, -0.05) is 12.1 Å². The molecule has 3 aromatic rings. The van der Waals surface area contributed by atoms with Crippen molar-refractivity contribution in [2.45, 2.75) is 71.1 Å². The molecule has 192 valence electrons. The number of fused-ring (bicyclic) bond motifs is 1. The van der Waals surface area contributed by atoms with Gasteiger partial charge in [0.25, 0.3) is 0 Å².